The van der Waals surface area contributed by atoms with Crippen molar-refractivity contribution in [1.29, 1.82) is 0 Å². The molecule has 0 amide bonds. The first-order valence-corrected chi connectivity index (χ1v) is 7.85. The zero-order valence-electron chi connectivity index (χ0n) is 13.5. The molecule has 0 spiro atoms. The van der Waals surface area contributed by atoms with Gasteiger partial charge in [-0.15, -0.1) is 0 Å². The molecule has 1 aromatic carbocycles. The lowest BCUT2D eigenvalue weighted by molar-refractivity contribution is 0.190. The van der Waals surface area contributed by atoms with E-state index in [2.05, 4.69) is 50.0 Å². The molecule has 0 fully saturated rings. The summed E-state index contributed by atoms with van der Waals surface area (Å²) in [5.41, 5.74) is 1.24. The summed E-state index contributed by atoms with van der Waals surface area (Å²) in [6, 6.07) is 8.27. The highest BCUT2D eigenvalue weighted by Gasteiger charge is 2.08. The molecule has 20 heavy (non-hydrogen) atoms. The van der Waals surface area contributed by atoms with Crippen LogP contribution in [0.3, 0.4) is 0 Å². The van der Waals surface area contributed by atoms with Crippen LogP contribution in [0.1, 0.15) is 32.8 Å². The Bertz CT molecular complexity index is 364. The summed E-state index contributed by atoms with van der Waals surface area (Å²) in [4.78, 5) is 2.43. The van der Waals surface area contributed by atoms with E-state index in [4.69, 9.17) is 4.74 Å². The van der Waals surface area contributed by atoms with Gasteiger partial charge in [-0.25, -0.2) is 0 Å². The van der Waals surface area contributed by atoms with Crippen LogP contribution in [-0.2, 0) is 0 Å². The molecule has 1 aromatic rings. The molecule has 0 aliphatic carbocycles. The Balaban J connectivity index is 2.29. The van der Waals surface area contributed by atoms with Crippen LogP contribution in [0.4, 0.5) is 0 Å². The molecule has 0 aliphatic heterocycles. The van der Waals surface area contributed by atoms with E-state index < -0.39 is 0 Å². The highest BCUT2D eigenvalue weighted by molar-refractivity contribution is 5.27. The topological polar surface area (TPSA) is 24.5 Å². The molecule has 0 aromatic heterocycles. The molecule has 1 rings (SSSR count). The van der Waals surface area contributed by atoms with Crippen LogP contribution in [-0.4, -0.2) is 43.7 Å². The van der Waals surface area contributed by atoms with E-state index in [1.165, 1.54) is 5.56 Å². The Kier molecular flexibility index (Phi) is 8.31. The zero-order valence-corrected chi connectivity index (χ0v) is 13.5. The Labute approximate surface area is 124 Å². The molecule has 1 unspecified atom stereocenters. The maximum Gasteiger partial charge on any atom is 0.120 e. The maximum absolute atomic E-state index is 6.03. The van der Waals surface area contributed by atoms with Crippen LogP contribution >= 0.6 is 0 Å². The van der Waals surface area contributed by atoms with Crippen molar-refractivity contribution in [2.75, 3.05) is 32.7 Å². The minimum Gasteiger partial charge on any atom is -0.489 e. The fourth-order valence-electron chi connectivity index (χ4n) is 2.19. The summed E-state index contributed by atoms with van der Waals surface area (Å²) < 4.78 is 6.03. The second-order valence-corrected chi connectivity index (χ2v) is 5.20. The minimum atomic E-state index is 0.244. The third-order valence-electron chi connectivity index (χ3n) is 3.62. The summed E-state index contributed by atoms with van der Waals surface area (Å²) >= 11 is 0. The summed E-state index contributed by atoms with van der Waals surface area (Å²) in [5.74, 6) is 0.974. The number of nitrogens with one attached hydrogen (secondary N) is 1. The first-order valence-electron chi connectivity index (χ1n) is 7.85. The van der Waals surface area contributed by atoms with Crippen LogP contribution in [0.25, 0.3) is 0 Å². The number of ether oxygens (including phenoxy) is 1. The van der Waals surface area contributed by atoms with Gasteiger partial charge >= 0.3 is 0 Å². The predicted molar refractivity (Wildman–Crippen MR) is 86.5 cm³/mol. The van der Waals surface area contributed by atoms with E-state index >= 15 is 0 Å². The highest BCUT2D eigenvalue weighted by Crippen LogP contribution is 2.15. The van der Waals surface area contributed by atoms with E-state index in [9.17, 15) is 0 Å². The lowest BCUT2D eigenvalue weighted by Crippen LogP contribution is -2.37. The first-order chi connectivity index (χ1) is 9.69. The molecule has 3 nitrogen and oxygen atoms in total. The summed E-state index contributed by atoms with van der Waals surface area (Å²) in [7, 11) is 0. The first kappa shape index (κ1) is 17.0. The van der Waals surface area contributed by atoms with Crippen molar-refractivity contribution >= 4 is 0 Å². The van der Waals surface area contributed by atoms with Gasteiger partial charge in [-0.3, -0.25) is 0 Å². The Morgan fingerprint density at radius 1 is 1.20 bits per heavy atom. The number of hydrogen-bond acceptors (Lipinski definition) is 3. The Morgan fingerprint density at radius 2 is 1.95 bits per heavy atom. The number of rotatable bonds is 10. The summed E-state index contributed by atoms with van der Waals surface area (Å²) in [6.45, 7) is 14.0. The number of nitrogens with zero attached hydrogens (tertiary/aromatic N) is 1. The molecule has 1 N–H and O–H groups in total. The lowest BCUT2D eigenvalue weighted by atomic mass is 10.2. The molecule has 0 radical (unpaired) electrons. The monoisotopic (exact) mass is 278 g/mol. The van der Waals surface area contributed by atoms with Gasteiger partial charge in [0, 0.05) is 19.6 Å². The normalized spacial score (nSPS) is 12.7. The van der Waals surface area contributed by atoms with Gasteiger partial charge in [0.15, 0.2) is 0 Å². The van der Waals surface area contributed by atoms with Crippen molar-refractivity contribution in [3.8, 4) is 5.75 Å². The SMILES string of the molecule is CCC(CNCCN(CC)CC)Oc1cccc(C)c1. The second-order valence-electron chi connectivity index (χ2n) is 5.20. The van der Waals surface area contributed by atoms with Gasteiger partial charge < -0.3 is 15.0 Å². The number of aryl methyl sites for hydroxylation is 1. The fraction of sp³-hybridized carbons (Fsp3) is 0.647. The number of hydrogen-bond donors (Lipinski definition) is 1. The molecular weight excluding hydrogens is 248 g/mol. The van der Waals surface area contributed by atoms with Crippen LogP contribution in [0, 0.1) is 6.92 Å². The Morgan fingerprint density at radius 3 is 2.55 bits per heavy atom. The fourth-order valence-corrected chi connectivity index (χ4v) is 2.19. The standard InChI is InChI=1S/C17H30N2O/c1-5-16(14-18-11-12-19(6-2)7-3)20-17-10-8-9-15(4)13-17/h8-10,13,16,18H,5-7,11-12,14H2,1-4H3. The summed E-state index contributed by atoms with van der Waals surface area (Å²) in [5, 5.41) is 3.50. The van der Waals surface area contributed by atoms with Gasteiger partial charge in [-0.1, -0.05) is 32.9 Å². The van der Waals surface area contributed by atoms with E-state index in [0.29, 0.717) is 0 Å². The smallest absolute Gasteiger partial charge is 0.120 e. The second kappa shape index (κ2) is 9.78. The maximum atomic E-state index is 6.03. The Hall–Kier alpha value is -1.06. The molecule has 0 saturated carbocycles. The van der Waals surface area contributed by atoms with Crippen molar-refractivity contribution in [3.05, 3.63) is 29.8 Å². The highest BCUT2D eigenvalue weighted by atomic mass is 16.5. The average Bonchev–Trinajstić information content (AvgIpc) is 2.46. The third-order valence-corrected chi connectivity index (χ3v) is 3.62. The molecule has 3 heteroatoms. The van der Waals surface area contributed by atoms with E-state index in [0.717, 1.165) is 44.9 Å². The lowest BCUT2D eigenvalue weighted by Gasteiger charge is -2.21. The van der Waals surface area contributed by atoms with Crippen molar-refractivity contribution < 1.29 is 4.74 Å². The molecule has 0 aliphatic rings. The van der Waals surface area contributed by atoms with E-state index in [-0.39, 0.29) is 6.10 Å². The largest absolute Gasteiger partial charge is 0.489 e. The number of benzene rings is 1. The van der Waals surface area contributed by atoms with Crippen molar-refractivity contribution in [3.63, 3.8) is 0 Å². The summed E-state index contributed by atoms with van der Waals surface area (Å²) in [6.07, 6.45) is 1.26. The zero-order chi connectivity index (χ0) is 14.8. The van der Waals surface area contributed by atoms with Crippen LogP contribution in [0.15, 0.2) is 24.3 Å². The molecule has 0 saturated heterocycles. The van der Waals surface area contributed by atoms with Gasteiger partial charge in [-0.2, -0.15) is 0 Å². The third kappa shape index (κ3) is 6.40. The quantitative estimate of drug-likeness (QED) is 0.666. The van der Waals surface area contributed by atoms with Gasteiger partial charge in [-0.05, 0) is 44.1 Å². The van der Waals surface area contributed by atoms with E-state index in [1.807, 2.05) is 12.1 Å². The molecule has 1 atom stereocenters. The van der Waals surface area contributed by atoms with Crippen molar-refractivity contribution in [2.45, 2.75) is 40.2 Å². The predicted octanol–water partition coefficient (Wildman–Crippen LogP) is 3.08. The number of likely N-dealkylation sites (N-methyl/N-ethyl adjacent to an activating group) is 1. The van der Waals surface area contributed by atoms with Crippen LogP contribution in [0.2, 0.25) is 0 Å². The van der Waals surface area contributed by atoms with Crippen molar-refractivity contribution in [1.82, 2.24) is 10.2 Å². The average molecular weight is 278 g/mol. The molecule has 0 bridgehead atoms. The van der Waals surface area contributed by atoms with Gasteiger partial charge in [0.25, 0.3) is 0 Å². The minimum absolute atomic E-state index is 0.244. The molecular formula is C17H30N2O. The van der Waals surface area contributed by atoms with Crippen LogP contribution in [0.5, 0.6) is 5.75 Å². The van der Waals surface area contributed by atoms with E-state index in [1.54, 1.807) is 0 Å². The van der Waals surface area contributed by atoms with Crippen LogP contribution < -0.4 is 10.1 Å². The molecule has 0 heterocycles. The molecule has 114 valence electrons. The van der Waals surface area contributed by atoms with Gasteiger partial charge in [0.2, 0.25) is 0 Å². The van der Waals surface area contributed by atoms with Crippen molar-refractivity contribution in [2.24, 2.45) is 0 Å². The van der Waals surface area contributed by atoms with Gasteiger partial charge in [0.05, 0.1) is 0 Å². The van der Waals surface area contributed by atoms with Gasteiger partial charge in [0.1, 0.15) is 11.9 Å².